The van der Waals surface area contributed by atoms with Gasteiger partial charge in [-0.2, -0.15) is 0 Å². The van der Waals surface area contributed by atoms with Crippen LogP contribution in [0, 0.1) is 17.3 Å². The van der Waals surface area contributed by atoms with Gasteiger partial charge in [-0.15, -0.1) is 0 Å². The number of barbiturate groups is 1. The van der Waals surface area contributed by atoms with Gasteiger partial charge in [0.15, 0.2) is 0 Å². The summed E-state index contributed by atoms with van der Waals surface area (Å²) in [6.07, 6.45) is 7.84. The third kappa shape index (κ3) is 3.93. The molecule has 7 amide bonds. The Labute approximate surface area is 228 Å². The van der Waals surface area contributed by atoms with E-state index in [1.165, 1.54) is 14.7 Å². The first kappa shape index (κ1) is 26.1. The maximum Gasteiger partial charge on any atom is 0.334 e. The van der Waals surface area contributed by atoms with Crippen molar-refractivity contribution in [1.29, 1.82) is 0 Å². The molecule has 6 fully saturated rings. The Morgan fingerprint density at radius 2 is 1.51 bits per heavy atom. The van der Waals surface area contributed by atoms with E-state index in [4.69, 9.17) is 11.5 Å². The largest absolute Gasteiger partial charge is 0.385 e. The lowest BCUT2D eigenvalue weighted by Gasteiger charge is -2.59. The molecule has 3 heterocycles. The molecule has 5 N–H and O–H groups in total. The Bertz CT molecular complexity index is 1140. The molecule has 3 aliphatic heterocycles. The Balaban J connectivity index is 1.16. The van der Waals surface area contributed by atoms with Crippen molar-refractivity contribution in [1.82, 2.24) is 24.9 Å². The molecule has 2 spiro atoms. The fourth-order valence-corrected chi connectivity index (χ4v) is 8.06. The molecule has 0 atom stereocenters. The molecule has 3 saturated carbocycles. The molecule has 39 heavy (non-hydrogen) atoms. The fourth-order valence-electron chi connectivity index (χ4n) is 8.06. The van der Waals surface area contributed by atoms with Crippen molar-refractivity contribution < 1.29 is 24.0 Å². The van der Waals surface area contributed by atoms with Crippen molar-refractivity contribution in [3.8, 4) is 0 Å². The zero-order valence-corrected chi connectivity index (χ0v) is 22.6. The number of nitrogens with one attached hydrogen (secondary N) is 1. The predicted molar refractivity (Wildman–Crippen MR) is 139 cm³/mol. The molecule has 3 aliphatic carbocycles. The lowest BCUT2D eigenvalue weighted by Crippen LogP contribution is -2.67. The van der Waals surface area contributed by atoms with Gasteiger partial charge in [0.05, 0.1) is 0 Å². The molecule has 0 unspecified atom stereocenters. The van der Waals surface area contributed by atoms with E-state index in [0.717, 1.165) is 51.6 Å². The molecule has 0 radical (unpaired) electrons. The Kier molecular flexibility index (Phi) is 6.16. The van der Waals surface area contributed by atoms with E-state index in [9.17, 15) is 24.0 Å². The highest BCUT2D eigenvalue weighted by Gasteiger charge is 2.68. The van der Waals surface area contributed by atoms with Gasteiger partial charge in [0.1, 0.15) is 16.9 Å². The molecule has 0 aromatic rings. The smallest absolute Gasteiger partial charge is 0.334 e. The van der Waals surface area contributed by atoms with Crippen LogP contribution in [0.15, 0.2) is 11.4 Å². The summed E-state index contributed by atoms with van der Waals surface area (Å²) in [5.74, 6) is -1.31. The number of carbonyl (C=O) groups is 5. The fraction of sp³-hybridized carbons (Fsp3) is 0.741. The van der Waals surface area contributed by atoms with E-state index >= 15 is 0 Å². The second kappa shape index (κ2) is 9.21. The lowest BCUT2D eigenvalue weighted by molar-refractivity contribution is -0.151. The van der Waals surface area contributed by atoms with E-state index in [1.54, 1.807) is 11.9 Å². The lowest BCUT2D eigenvalue weighted by atomic mass is 9.51. The van der Waals surface area contributed by atoms with Crippen LogP contribution < -0.4 is 16.8 Å². The normalized spacial score (nSPS) is 34.1. The topological polar surface area (TPSA) is 162 Å². The van der Waals surface area contributed by atoms with Gasteiger partial charge in [-0.1, -0.05) is 12.8 Å². The summed E-state index contributed by atoms with van der Waals surface area (Å²) in [4.78, 5) is 71.6. The maximum atomic E-state index is 13.6. The quantitative estimate of drug-likeness (QED) is 0.260. The second-order valence-corrected chi connectivity index (χ2v) is 12.8. The summed E-state index contributed by atoms with van der Waals surface area (Å²) in [5, 5.41) is 3.23. The van der Waals surface area contributed by atoms with Gasteiger partial charge in [0, 0.05) is 45.2 Å². The average molecular weight is 542 g/mol. The minimum atomic E-state index is -0.778. The monoisotopic (exact) mass is 541 g/mol. The van der Waals surface area contributed by atoms with Crippen LogP contribution in [0.3, 0.4) is 0 Å². The van der Waals surface area contributed by atoms with Gasteiger partial charge in [0.2, 0.25) is 0 Å². The van der Waals surface area contributed by atoms with E-state index in [-0.39, 0.29) is 47.3 Å². The SMILES string of the molecule is CN1C(=O)N(CC2CNC2)C2(CC3(CCC(N4C(=O)C(=C(N)N)C(=O)N(CC5CCCC5)C4=O)CC3)C2)C1=O. The van der Waals surface area contributed by atoms with Crippen molar-refractivity contribution in [2.45, 2.75) is 75.8 Å². The number of imide groups is 3. The van der Waals surface area contributed by atoms with Crippen LogP contribution >= 0.6 is 0 Å². The van der Waals surface area contributed by atoms with Gasteiger partial charge in [0.25, 0.3) is 17.7 Å². The number of nitrogens with two attached hydrogens (primary N) is 2. The Morgan fingerprint density at radius 1 is 0.872 bits per heavy atom. The summed E-state index contributed by atoms with van der Waals surface area (Å²) >= 11 is 0. The molecule has 0 bridgehead atoms. The number of hydrogen-bond donors (Lipinski definition) is 3. The molecular formula is C27H39N7O5. The summed E-state index contributed by atoms with van der Waals surface area (Å²) in [5.41, 5.74) is 10.3. The first-order valence-electron chi connectivity index (χ1n) is 14.3. The third-order valence-electron chi connectivity index (χ3n) is 10.3. The zero-order chi connectivity index (χ0) is 27.7. The minimum absolute atomic E-state index is 0.111. The summed E-state index contributed by atoms with van der Waals surface area (Å²) in [6, 6.07) is -1.17. The van der Waals surface area contributed by atoms with Gasteiger partial charge < -0.3 is 21.7 Å². The molecule has 212 valence electrons. The van der Waals surface area contributed by atoms with Gasteiger partial charge >= 0.3 is 12.1 Å². The summed E-state index contributed by atoms with van der Waals surface area (Å²) in [6.45, 7) is 2.56. The first-order valence-corrected chi connectivity index (χ1v) is 14.3. The highest BCUT2D eigenvalue weighted by Crippen LogP contribution is 2.61. The van der Waals surface area contributed by atoms with Crippen molar-refractivity contribution in [3.63, 3.8) is 0 Å². The number of amides is 7. The van der Waals surface area contributed by atoms with E-state index in [1.807, 2.05) is 0 Å². The molecule has 6 aliphatic rings. The number of nitrogens with zero attached hydrogens (tertiary/aromatic N) is 4. The molecule has 12 heteroatoms. The van der Waals surface area contributed by atoms with Crippen molar-refractivity contribution in [2.75, 3.05) is 33.2 Å². The molecule has 0 aromatic carbocycles. The molecule has 12 nitrogen and oxygen atoms in total. The number of likely N-dealkylation sites (N-methyl/N-ethyl adjacent to an activating group) is 1. The van der Waals surface area contributed by atoms with Crippen LogP contribution in [0.5, 0.6) is 0 Å². The number of rotatable bonds is 5. The number of urea groups is 2. The second-order valence-electron chi connectivity index (χ2n) is 12.8. The van der Waals surface area contributed by atoms with Gasteiger partial charge in [-0.3, -0.25) is 29.1 Å². The Morgan fingerprint density at radius 3 is 2.08 bits per heavy atom. The van der Waals surface area contributed by atoms with Gasteiger partial charge in [-0.05, 0) is 62.7 Å². The highest BCUT2D eigenvalue weighted by molar-refractivity contribution is 6.29. The van der Waals surface area contributed by atoms with Crippen LogP contribution in [0.2, 0.25) is 0 Å². The van der Waals surface area contributed by atoms with Gasteiger partial charge in [-0.25, -0.2) is 9.59 Å². The van der Waals surface area contributed by atoms with Crippen molar-refractivity contribution in [3.05, 3.63) is 11.4 Å². The Hall–Kier alpha value is -3.15. The zero-order valence-electron chi connectivity index (χ0n) is 22.6. The minimum Gasteiger partial charge on any atom is -0.385 e. The summed E-state index contributed by atoms with van der Waals surface area (Å²) < 4.78 is 0. The maximum absolute atomic E-state index is 13.6. The molecule has 3 saturated heterocycles. The van der Waals surface area contributed by atoms with Crippen LogP contribution in [0.4, 0.5) is 9.59 Å². The van der Waals surface area contributed by atoms with Crippen LogP contribution in [-0.2, 0) is 14.4 Å². The van der Waals surface area contributed by atoms with Crippen LogP contribution in [0.1, 0.15) is 64.2 Å². The number of hydrogen-bond acceptors (Lipinski definition) is 8. The molecule has 6 rings (SSSR count). The van der Waals surface area contributed by atoms with Crippen molar-refractivity contribution in [2.24, 2.45) is 28.7 Å². The first-order chi connectivity index (χ1) is 18.6. The van der Waals surface area contributed by atoms with Crippen molar-refractivity contribution >= 4 is 29.8 Å². The summed E-state index contributed by atoms with van der Waals surface area (Å²) in [7, 11) is 1.56. The number of carbonyl (C=O) groups excluding carboxylic acids is 5. The predicted octanol–water partition coefficient (Wildman–Crippen LogP) is 0.671. The van der Waals surface area contributed by atoms with Crippen LogP contribution in [0.25, 0.3) is 0 Å². The third-order valence-corrected chi connectivity index (χ3v) is 10.3. The van der Waals surface area contributed by atoms with E-state index in [2.05, 4.69) is 5.32 Å². The standard InChI is InChI=1S/C27H39N7O5/c1-31-23(37)27(33(24(31)38)13-17-10-30-11-17)14-26(15-27)8-6-18(7-9-26)34-22(36)19(20(28)29)21(35)32(25(34)39)12-16-4-2-3-5-16/h16-18,30H,2-15,28-29H2,1H3. The highest BCUT2D eigenvalue weighted by atomic mass is 16.2. The average Bonchev–Trinajstić information content (AvgIpc) is 3.42. The molecular weight excluding hydrogens is 502 g/mol. The molecule has 0 aromatic heterocycles. The van der Waals surface area contributed by atoms with E-state index < -0.39 is 23.4 Å². The van der Waals surface area contributed by atoms with Crippen LogP contribution in [-0.4, -0.2) is 94.2 Å². The van der Waals surface area contributed by atoms with E-state index in [0.29, 0.717) is 38.1 Å².